The van der Waals surface area contributed by atoms with Crippen molar-refractivity contribution in [3.8, 4) is 0 Å². The molecule has 0 saturated carbocycles. The molecule has 0 bridgehead atoms. The zero-order chi connectivity index (χ0) is 10.6. The van der Waals surface area contributed by atoms with Gasteiger partial charge in [0.15, 0.2) is 5.60 Å². The van der Waals surface area contributed by atoms with Crippen LogP contribution in [0.4, 0.5) is 0 Å². The van der Waals surface area contributed by atoms with Crippen LogP contribution < -0.4 is 80.9 Å². The van der Waals surface area contributed by atoms with Crippen LogP contribution in [0.15, 0.2) is 0 Å². The molecule has 0 radical (unpaired) electrons. The Morgan fingerprint density at radius 2 is 1.25 bits per heavy atom. The van der Waals surface area contributed by atoms with Crippen LogP contribution >= 0.6 is 12.4 Å². The number of rotatable bonds is 5. The Kier molecular flexibility index (Phi) is 18.5. The summed E-state index contributed by atoms with van der Waals surface area (Å²) in [5.74, 6) is -5.02. The van der Waals surface area contributed by atoms with Crippen molar-refractivity contribution >= 4 is 30.3 Å². The Labute approximate surface area is 165 Å². The van der Waals surface area contributed by atoms with Crippen molar-refractivity contribution in [3.63, 3.8) is 0 Å². The number of aliphatic hydroxyl groups is 1. The third kappa shape index (κ3) is 10.5. The quantitative estimate of drug-likeness (QED) is 0.370. The van der Waals surface area contributed by atoms with E-state index in [0.717, 1.165) is 0 Å². The summed E-state index contributed by atoms with van der Waals surface area (Å²) in [7, 11) is 0. The number of hydrogen-bond donors (Lipinski definition) is 4. The molecule has 0 spiro atoms. The number of aliphatic carboxylic acids is 3. The molecule has 4 N–H and O–H groups in total. The van der Waals surface area contributed by atoms with Gasteiger partial charge in [0, 0.05) is 0 Å². The first kappa shape index (κ1) is 26.0. The number of carbonyl (C=O) groups is 3. The van der Waals surface area contributed by atoms with Gasteiger partial charge in [0.05, 0.1) is 12.8 Å². The van der Waals surface area contributed by atoms with Gasteiger partial charge in [-0.3, -0.25) is 9.59 Å². The molecule has 0 aromatic heterocycles. The number of hydrogen-bond acceptors (Lipinski definition) is 4. The Balaban J connectivity index is -0.0000000720. The fraction of sp³-hybridized carbons (Fsp3) is 0.500. The predicted molar refractivity (Wildman–Crippen MR) is 46.6 cm³/mol. The minimum absolute atomic E-state index is 0. The van der Waals surface area contributed by atoms with Crippen molar-refractivity contribution in [3.05, 3.63) is 0 Å². The standard InChI is InChI=1S/C6H8O7.ClH.K.Na.2H/c7-3(8)1-6(13,5(11)12)2-4(9)10;;;;;/h13H,1-2H2,(H,7,8)(H,9,10)(H,11,12);1H;;;;/q;;2*+1;2*-1. The monoisotopic (exact) mass is 292 g/mol. The van der Waals surface area contributed by atoms with E-state index in [-0.39, 0.29) is 96.2 Å². The molecule has 0 saturated heterocycles. The molecule has 0 amide bonds. The second kappa shape index (κ2) is 11.4. The maximum absolute atomic E-state index is 10.3. The van der Waals surface area contributed by atoms with Gasteiger partial charge in [-0.25, -0.2) is 4.79 Å². The Morgan fingerprint density at radius 1 is 1.00 bits per heavy atom. The fourth-order valence-electron chi connectivity index (χ4n) is 0.714. The summed E-state index contributed by atoms with van der Waals surface area (Å²) in [6.07, 6.45) is -2.29. The normalized spacial score (nSPS) is 8.81. The molecule has 0 atom stereocenters. The average molecular weight is 293 g/mol. The van der Waals surface area contributed by atoms with E-state index in [1.54, 1.807) is 0 Å². The van der Waals surface area contributed by atoms with E-state index >= 15 is 0 Å². The second-order valence-electron chi connectivity index (χ2n) is 2.48. The summed E-state index contributed by atoms with van der Waals surface area (Å²) in [6, 6.07) is 0. The van der Waals surface area contributed by atoms with E-state index in [2.05, 4.69) is 0 Å². The van der Waals surface area contributed by atoms with Gasteiger partial charge in [0.1, 0.15) is 0 Å². The van der Waals surface area contributed by atoms with Gasteiger partial charge in [0.2, 0.25) is 0 Å². The van der Waals surface area contributed by atoms with Crippen molar-refractivity contribution in [2.24, 2.45) is 0 Å². The number of carboxylic acid groups (broad SMARTS) is 3. The summed E-state index contributed by atoms with van der Waals surface area (Å²) in [6.45, 7) is 0. The van der Waals surface area contributed by atoms with Crippen LogP contribution in [0.3, 0.4) is 0 Å². The first-order chi connectivity index (χ1) is 5.78. The molecule has 0 aliphatic heterocycles. The SMILES string of the molecule is Cl.O=C(O)CC(O)(CC(=O)O)C(=O)O.[H-].[H-].[K+].[Na+]. The fourth-order valence-corrected chi connectivity index (χ4v) is 0.714. The molecule has 10 heteroatoms. The van der Waals surface area contributed by atoms with E-state index in [1.807, 2.05) is 0 Å². The van der Waals surface area contributed by atoms with Gasteiger partial charge in [-0.05, 0) is 0 Å². The average Bonchev–Trinajstić information content (AvgIpc) is 1.82. The van der Waals surface area contributed by atoms with E-state index < -0.39 is 36.4 Å². The largest absolute Gasteiger partial charge is 1.00 e. The maximum atomic E-state index is 10.3. The molecular formula is C6H11ClKNaO7. The molecule has 0 aromatic carbocycles. The molecule has 0 heterocycles. The topological polar surface area (TPSA) is 132 Å². The molecule has 0 aliphatic carbocycles. The third-order valence-electron chi connectivity index (χ3n) is 1.29. The van der Waals surface area contributed by atoms with Gasteiger partial charge in [-0.15, -0.1) is 12.4 Å². The minimum Gasteiger partial charge on any atom is -1.00 e. The zero-order valence-corrected chi connectivity index (χ0v) is 14.8. The molecule has 0 rings (SSSR count). The Bertz CT molecular complexity index is 252. The molecule has 7 nitrogen and oxygen atoms in total. The van der Waals surface area contributed by atoms with Crippen LogP contribution in [0, 0.1) is 0 Å². The van der Waals surface area contributed by atoms with Gasteiger partial charge in [0.25, 0.3) is 0 Å². The van der Waals surface area contributed by atoms with Gasteiger partial charge < -0.3 is 23.3 Å². The number of carboxylic acids is 3. The summed E-state index contributed by atoms with van der Waals surface area (Å²) in [5, 5.41) is 33.8. The van der Waals surface area contributed by atoms with Gasteiger partial charge in [-0.2, -0.15) is 0 Å². The first-order valence-corrected chi connectivity index (χ1v) is 3.17. The Morgan fingerprint density at radius 3 is 1.38 bits per heavy atom. The minimum atomic E-state index is -2.74. The summed E-state index contributed by atoms with van der Waals surface area (Å²) in [5.41, 5.74) is -2.74. The molecular weight excluding hydrogens is 282 g/mol. The van der Waals surface area contributed by atoms with Crippen LogP contribution in [0.1, 0.15) is 15.7 Å². The summed E-state index contributed by atoms with van der Waals surface area (Å²) >= 11 is 0. The molecule has 0 unspecified atom stereocenters. The number of halogens is 1. The van der Waals surface area contributed by atoms with Gasteiger partial charge in [-0.1, -0.05) is 0 Å². The maximum Gasteiger partial charge on any atom is 1.00 e. The molecule has 0 fully saturated rings. The molecule has 86 valence electrons. The zero-order valence-electron chi connectivity index (χ0n) is 10.8. The predicted octanol–water partition coefficient (Wildman–Crippen LogP) is -6.59. The van der Waals surface area contributed by atoms with Crippen molar-refractivity contribution in [2.45, 2.75) is 18.4 Å². The van der Waals surface area contributed by atoms with E-state index in [1.165, 1.54) is 0 Å². The van der Waals surface area contributed by atoms with Crippen LogP contribution in [-0.2, 0) is 14.4 Å². The third-order valence-corrected chi connectivity index (χ3v) is 1.29. The van der Waals surface area contributed by atoms with Crippen molar-refractivity contribution in [2.75, 3.05) is 0 Å². The molecule has 16 heavy (non-hydrogen) atoms. The van der Waals surface area contributed by atoms with Crippen LogP contribution in [0.25, 0.3) is 0 Å². The van der Waals surface area contributed by atoms with Crippen molar-refractivity contribution < 1.29 is 119 Å². The molecule has 0 aromatic rings. The van der Waals surface area contributed by atoms with Crippen LogP contribution in [-0.4, -0.2) is 43.9 Å². The smallest absolute Gasteiger partial charge is 1.00 e. The first-order valence-electron chi connectivity index (χ1n) is 3.17. The van der Waals surface area contributed by atoms with Gasteiger partial charge >= 0.3 is 98.8 Å². The van der Waals surface area contributed by atoms with Crippen molar-refractivity contribution in [1.82, 2.24) is 0 Å². The Hall–Kier alpha value is 1.30. The van der Waals surface area contributed by atoms with E-state index in [0.29, 0.717) is 0 Å². The van der Waals surface area contributed by atoms with Crippen molar-refractivity contribution in [1.29, 1.82) is 0 Å². The van der Waals surface area contributed by atoms with E-state index in [9.17, 15) is 14.4 Å². The summed E-state index contributed by atoms with van der Waals surface area (Å²) in [4.78, 5) is 30.5. The van der Waals surface area contributed by atoms with Crippen LogP contribution in [0.2, 0.25) is 0 Å². The van der Waals surface area contributed by atoms with E-state index in [4.69, 9.17) is 20.4 Å². The molecule has 0 aliphatic rings. The second-order valence-corrected chi connectivity index (χ2v) is 2.48. The summed E-state index contributed by atoms with van der Waals surface area (Å²) < 4.78 is 0. The van der Waals surface area contributed by atoms with Crippen LogP contribution in [0.5, 0.6) is 0 Å².